The van der Waals surface area contributed by atoms with Crippen molar-refractivity contribution in [2.75, 3.05) is 5.32 Å². The van der Waals surface area contributed by atoms with Gasteiger partial charge in [-0.3, -0.25) is 4.79 Å². The molecule has 162 valence electrons. The number of anilines is 1. The van der Waals surface area contributed by atoms with Crippen LogP contribution in [0, 0.1) is 19.8 Å². The van der Waals surface area contributed by atoms with Gasteiger partial charge in [-0.1, -0.05) is 30.3 Å². The van der Waals surface area contributed by atoms with Crippen LogP contribution in [0.1, 0.15) is 62.1 Å². The summed E-state index contributed by atoms with van der Waals surface area (Å²) in [5.41, 5.74) is 2.48. The molecule has 7 nitrogen and oxygen atoms in total. The smallest absolute Gasteiger partial charge is 0.241 e. The van der Waals surface area contributed by atoms with E-state index >= 15 is 0 Å². The minimum atomic E-state index is -3.61. The number of aryl methyl sites for hydroxylation is 2. The van der Waals surface area contributed by atoms with Gasteiger partial charge in [0.1, 0.15) is 11.4 Å². The third-order valence-corrected chi connectivity index (χ3v) is 7.12. The van der Waals surface area contributed by atoms with Crippen molar-refractivity contribution in [3.05, 3.63) is 40.8 Å². The van der Waals surface area contributed by atoms with Crippen LogP contribution in [0.4, 0.5) is 5.69 Å². The number of hydrogen-bond acceptors (Lipinski definition) is 5. The highest BCUT2D eigenvalue weighted by molar-refractivity contribution is 7.89. The lowest BCUT2D eigenvalue weighted by Crippen LogP contribution is -2.37. The molecule has 8 heteroatoms. The molecule has 2 N–H and O–H groups in total. The van der Waals surface area contributed by atoms with Gasteiger partial charge in [0, 0.05) is 13.0 Å². The van der Waals surface area contributed by atoms with Gasteiger partial charge >= 0.3 is 0 Å². The highest BCUT2D eigenvalue weighted by atomic mass is 32.2. The van der Waals surface area contributed by atoms with Crippen LogP contribution in [0.25, 0.3) is 12.2 Å². The summed E-state index contributed by atoms with van der Waals surface area (Å²) in [6.07, 6.45) is 7.24. The summed E-state index contributed by atoms with van der Waals surface area (Å²) >= 11 is 0. The van der Waals surface area contributed by atoms with Crippen molar-refractivity contribution < 1.29 is 17.7 Å². The predicted molar refractivity (Wildman–Crippen MR) is 117 cm³/mol. The number of carbonyl (C=O) groups is 1. The Kier molecular flexibility index (Phi) is 6.77. The fourth-order valence-electron chi connectivity index (χ4n) is 3.67. The Morgan fingerprint density at radius 1 is 1.17 bits per heavy atom. The first-order valence-corrected chi connectivity index (χ1v) is 11.7. The topological polar surface area (TPSA) is 101 Å². The maximum absolute atomic E-state index is 13.0. The zero-order chi connectivity index (χ0) is 21.9. The molecule has 1 saturated carbocycles. The van der Waals surface area contributed by atoms with Crippen molar-refractivity contribution in [2.24, 2.45) is 5.92 Å². The van der Waals surface area contributed by atoms with E-state index in [1.54, 1.807) is 38.1 Å². The highest BCUT2D eigenvalue weighted by Gasteiger charge is 2.25. The van der Waals surface area contributed by atoms with E-state index in [0.717, 1.165) is 25.7 Å². The molecule has 0 radical (unpaired) electrons. The van der Waals surface area contributed by atoms with Crippen LogP contribution in [-0.2, 0) is 14.8 Å². The molecule has 1 amide bonds. The van der Waals surface area contributed by atoms with E-state index in [4.69, 9.17) is 4.52 Å². The van der Waals surface area contributed by atoms with Crippen LogP contribution >= 0.6 is 0 Å². The Balaban J connectivity index is 1.82. The number of nitrogens with one attached hydrogen (secondary N) is 2. The third kappa shape index (κ3) is 5.37. The van der Waals surface area contributed by atoms with Crippen LogP contribution < -0.4 is 10.0 Å². The van der Waals surface area contributed by atoms with Crippen LogP contribution in [0.5, 0.6) is 0 Å². The van der Waals surface area contributed by atoms with Gasteiger partial charge < -0.3 is 9.84 Å². The van der Waals surface area contributed by atoms with Gasteiger partial charge in [0.15, 0.2) is 5.76 Å². The second-order valence-corrected chi connectivity index (χ2v) is 9.81. The van der Waals surface area contributed by atoms with E-state index in [1.165, 1.54) is 6.92 Å². The van der Waals surface area contributed by atoms with E-state index in [0.29, 0.717) is 34.2 Å². The van der Waals surface area contributed by atoms with Gasteiger partial charge in [-0.25, -0.2) is 13.1 Å². The molecule has 1 heterocycles. The summed E-state index contributed by atoms with van der Waals surface area (Å²) in [5, 5.41) is 6.58. The van der Waals surface area contributed by atoms with Crippen molar-refractivity contribution >= 4 is 33.8 Å². The SMILES string of the molecule is CC(=O)Nc1c(C)noc1/C=C\c1ccc(C)c(S(=O)(=O)NC2CCC(C)CC2)c1. The molecule has 0 unspecified atom stereocenters. The van der Waals surface area contributed by atoms with E-state index < -0.39 is 10.0 Å². The summed E-state index contributed by atoms with van der Waals surface area (Å²) in [6.45, 7) is 7.15. The van der Waals surface area contributed by atoms with E-state index in [-0.39, 0.29) is 16.8 Å². The molecule has 3 rings (SSSR count). The number of nitrogens with zero attached hydrogens (tertiary/aromatic N) is 1. The number of aromatic nitrogens is 1. The van der Waals surface area contributed by atoms with Gasteiger partial charge in [0.25, 0.3) is 0 Å². The Morgan fingerprint density at radius 2 is 1.87 bits per heavy atom. The number of sulfonamides is 1. The van der Waals surface area contributed by atoms with Crippen molar-refractivity contribution in [1.29, 1.82) is 0 Å². The largest absolute Gasteiger partial charge is 0.354 e. The second-order valence-electron chi connectivity index (χ2n) is 8.12. The molecule has 30 heavy (non-hydrogen) atoms. The fraction of sp³-hybridized carbons (Fsp3) is 0.455. The molecule has 0 atom stereocenters. The fourth-order valence-corrected chi connectivity index (χ4v) is 5.26. The number of benzene rings is 1. The first-order valence-electron chi connectivity index (χ1n) is 10.2. The molecule has 0 saturated heterocycles. The molecule has 1 fully saturated rings. The Hall–Kier alpha value is -2.45. The standard InChI is InChI=1S/C22H29N3O4S/c1-14-5-10-19(11-6-14)25-30(27,28)21-13-18(8-7-15(21)2)9-12-20-22(23-17(4)26)16(3)24-29-20/h7-9,12-14,19,25H,5-6,10-11H2,1-4H3,(H,23,26)/b12-9-. The summed E-state index contributed by atoms with van der Waals surface area (Å²) < 4.78 is 34.1. The average molecular weight is 432 g/mol. The first kappa shape index (κ1) is 22.2. The molecule has 0 spiro atoms. The lowest BCUT2D eigenvalue weighted by Gasteiger charge is -2.27. The van der Waals surface area contributed by atoms with E-state index in [2.05, 4.69) is 22.1 Å². The molecular formula is C22H29N3O4S. The van der Waals surface area contributed by atoms with Crippen molar-refractivity contribution in [3.8, 4) is 0 Å². The zero-order valence-electron chi connectivity index (χ0n) is 17.9. The molecule has 0 bridgehead atoms. The van der Waals surface area contributed by atoms with Gasteiger partial charge in [0.05, 0.1) is 4.90 Å². The molecule has 1 aromatic heterocycles. The summed E-state index contributed by atoms with van der Waals surface area (Å²) in [5.74, 6) is 0.841. The quantitative estimate of drug-likeness (QED) is 0.711. The van der Waals surface area contributed by atoms with Crippen LogP contribution in [0.2, 0.25) is 0 Å². The van der Waals surface area contributed by atoms with Crippen molar-refractivity contribution in [2.45, 2.75) is 64.3 Å². The monoisotopic (exact) mass is 431 g/mol. The number of hydrogen-bond donors (Lipinski definition) is 2. The summed E-state index contributed by atoms with van der Waals surface area (Å²) in [7, 11) is -3.61. The Bertz CT molecular complexity index is 1050. The number of rotatable bonds is 6. The lowest BCUT2D eigenvalue weighted by molar-refractivity contribution is -0.114. The maximum atomic E-state index is 13.0. The minimum Gasteiger partial charge on any atom is -0.354 e. The Morgan fingerprint density at radius 3 is 2.53 bits per heavy atom. The number of carbonyl (C=O) groups excluding carboxylic acids is 1. The van der Waals surface area contributed by atoms with Crippen molar-refractivity contribution in [3.63, 3.8) is 0 Å². The van der Waals surface area contributed by atoms with E-state index in [9.17, 15) is 13.2 Å². The third-order valence-electron chi connectivity index (χ3n) is 5.46. The van der Waals surface area contributed by atoms with E-state index in [1.807, 2.05) is 6.07 Å². The van der Waals surface area contributed by atoms with Crippen LogP contribution in [0.15, 0.2) is 27.6 Å². The van der Waals surface area contributed by atoms with Gasteiger partial charge in [0.2, 0.25) is 15.9 Å². The minimum absolute atomic E-state index is 0.0119. The number of amides is 1. The predicted octanol–water partition coefficient (Wildman–Crippen LogP) is 4.28. The van der Waals surface area contributed by atoms with Gasteiger partial charge in [-0.05, 0) is 68.7 Å². The van der Waals surface area contributed by atoms with Crippen molar-refractivity contribution in [1.82, 2.24) is 9.88 Å². The molecule has 1 aliphatic rings. The zero-order valence-corrected chi connectivity index (χ0v) is 18.7. The van der Waals surface area contributed by atoms with Crippen LogP contribution in [-0.4, -0.2) is 25.5 Å². The molecular weight excluding hydrogens is 402 g/mol. The summed E-state index contributed by atoms with van der Waals surface area (Å²) in [4.78, 5) is 11.7. The lowest BCUT2D eigenvalue weighted by atomic mass is 9.88. The maximum Gasteiger partial charge on any atom is 0.241 e. The second kappa shape index (κ2) is 9.14. The molecule has 0 aliphatic heterocycles. The molecule has 1 aromatic carbocycles. The van der Waals surface area contributed by atoms with Gasteiger partial charge in [-0.2, -0.15) is 0 Å². The summed E-state index contributed by atoms with van der Waals surface area (Å²) in [6, 6.07) is 5.27. The normalized spacial score (nSPS) is 19.9. The Labute approximate surface area is 178 Å². The first-order chi connectivity index (χ1) is 14.2. The average Bonchev–Trinajstić information content (AvgIpc) is 3.02. The highest BCUT2D eigenvalue weighted by Crippen LogP contribution is 2.27. The van der Waals surface area contributed by atoms with Crippen LogP contribution in [0.3, 0.4) is 0 Å². The van der Waals surface area contributed by atoms with Gasteiger partial charge in [-0.15, -0.1) is 0 Å². The molecule has 2 aromatic rings. The molecule has 1 aliphatic carbocycles.